The second-order valence-electron chi connectivity index (χ2n) is 16.1. The van der Waals surface area contributed by atoms with E-state index in [-0.39, 0.29) is 42.3 Å². The molecule has 6 heterocycles. The van der Waals surface area contributed by atoms with Gasteiger partial charge in [0.05, 0.1) is 29.4 Å². The first-order valence-corrected chi connectivity index (χ1v) is 21.3. The molecule has 0 spiro atoms. The minimum atomic E-state index is -0.537. The van der Waals surface area contributed by atoms with Crippen molar-refractivity contribution in [2.45, 2.75) is 86.4 Å². The van der Waals surface area contributed by atoms with Gasteiger partial charge >= 0.3 is 0 Å². The average molecular weight is 833 g/mol. The fourth-order valence-corrected chi connectivity index (χ4v) is 9.65. The number of halogens is 1. The summed E-state index contributed by atoms with van der Waals surface area (Å²) >= 11 is 7.96. The molecule has 0 saturated carbocycles. The van der Waals surface area contributed by atoms with Crippen molar-refractivity contribution in [1.82, 2.24) is 40.2 Å². The van der Waals surface area contributed by atoms with E-state index in [1.54, 1.807) is 17.5 Å². The number of aromatic amines is 1. The van der Waals surface area contributed by atoms with E-state index in [0.29, 0.717) is 28.5 Å². The Balaban J connectivity index is 0.961. The molecule has 15 heteroatoms. The number of pyridine rings is 1. The lowest BCUT2D eigenvalue weighted by molar-refractivity contribution is -0.121. The molecule has 306 valence electrons. The number of hydrogen-bond acceptors (Lipinski definition) is 9. The van der Waals surface area contributed by atoms with Crippen LogP contribution in [0, 0.1) is 40.5 Å². The lowest BCUT2D eigenvalue weighted by Gasteiger charge is -2.34. The molecule has 8 rings (SSSR count). The maximum absolute atomic E-state index is 13.8. The van der Waals surface area contributed by atoms with Crippen LogP contribution in [-0.4, -0.2) is 66.7 Å². The quantitative estimate of drug-likeness (QED) is 0.130. The smallest absolute Gasteiger partial charge is 0.253 e. The Kier molecular flexibility index (Phi) is 11.0. The molecule has 0 radical (unpaired) electrons. The number of thiophene rings is 1. The predicted molar refractivity (Wildman–Crippen MR) is 234 cm³/mol. The Morgan fingerprint density at radius 2 is 1.75 bits per heavy atom. The number of aromatic nitrogens is 6. The van der Waals surface area contributed by atoms with E-state index in [2.05, 4.69) is 74.1 Å². The average Bonchev–Trinajstić information content (AvgIpc) is 3.87. The summed E-state index contributed by atoms with van der Waals surface area (Å²) in [6.45, 7) is 16.2. The van der Waals surface area contributed by atoms with Crippen LogP contribution in [-0.2, 0) is 11.3 Å². The summed E-state index contributed by atoms with van der Waals surface area (Å²) in [6.07, 6.45) is 3.62. The van der Waals surface area contributed by atoms with Gasteiger partial charge in [0.1, 0.15) is 16.9 Å². The van der Waals surface area contributed by atoms with E-state index in [1.165, 1.54) is 4.88 Å². The summed E-state index contributed by atoms with van der Waals surface area (Å²) in [5, 5.41) is 22.3. The third-order valence-corrected chi connectivity index (χ3v) is 13.1. The number of nitrogens with zero attached hydrogens (tertiary/aromatic N) is 7. The van der Waals surface area contributed by atoms with Crippen LogP contribution in [0.2, 0.25) is 5.02 Å². The molecule has 1 fully saturated rings. The van der Waals surface area contributed by atoms with Gasteiger partial charge in [-0.3, -0.25) is 28.6 Å². The largest absolute Gasteiger partial charge is 0.371 e. The summed E-state index contributed by atoms with van der Waals surface area (Å²) in [4.78, 5) is 51.8. The summed E-state index contributed by atoms with van der Waals surface area (Å²) in [5.74, 6) is 1.34. The molecule has 2 aromatic carbocycles. The fraction of sp³-hybridized carbons (Fsp3) is 0.386. The zero-order valence-electron chi connectivity index (χ0n) is 34.4. The topological polar surface area (TPSA) is 155 Å². The van der Waals surface area contributed by atoms with Crippen LogP contribution < -0.4 is 21.1 Å². The van der Waals surface area contributed by atoms with Gasteiger partial charge in [0.15, 0.2) is 5.82 Å². The molecule has 6 aromatic rings. The summed E-state index contributed by atoms with van der Waals surface area (Å²) in [7, 11) is 0. The van der Waals surface area contributed by atoms with Crippen LogP contribution in [0.25, 0.3) is 15.9 Å². The van der Waals surface area contributed by atoms with Crippen molar-refractivity contribution in [2.24, 2.45) is 10.9 Å². The van der Waals surface area contributed by atoms with E-state index in [4.69, 9.17) is 16.6 Å². The van der Waals surface area contributed by atoms with Crippen molar-refractivity contribution in [2.75, 3.05) is 24.5 Å². The number of nitrogens with one attached hydrogen (secondary N) is 3. The lowest BCUT2D eigenvalue weighted by Crippen LogP contribution is -2.39. The second kappa shape index (κ2) is 16.2. The highest BCUT2D eigenvalue weighted by molar-refractivity contribution is 7.15. The monoisotopic (exact) mass is 832 g/mol. The van der Waals surface area contributed by atoms with Gasteiger partial charge in [0.2, 0.25) is 5.91 Å². The molecule has 0 bridgehead atoms. The van der Waals surface area contributed by atoms with E-state index in [0.717, 1.165) is 87.0 Å². The first kappa shape index (κ1) is 40.2. The van der Waals surface area contributed by atoms with Crippen molar-refractivity contribution in [3.05, 3.63) is 120 Å². The summed E-state index contributed by atoms with van der Waals surface area (Å²) in [6, 6.07) is 13.2. The molecule has 13 nitrogen and oxygen atoms in total. The number of carbonyl (C=O) groups excluding carboxylic acids is 2. The third-order valence-electron chi connectivity index (χ3n) is 11.7. The Bertz CT molecular complexity index is 2680. The Morgan fingerprint density at radius 3 is 2.46 bits per heavy atom. The van der Waals surface area contributed by atoms with Gasteiger partial charge < -0.3 is 20.5 Å². The number of fused-ring (bicyclic) bond motifs is 4. The number of amides is 2. The number of aliphatic imine (C=N–C) groups is 1. The zero-order chi connectivity index (χ0) is 41.7. The van der Waals surface area contributed by atoms with E-state index < -0.39 is 6.04 Å². The highest BCUT2D eigenvalue weighted by Gasteiger charge is 2.33. The molecule has 2 aliphatic heterocycles. The molecule has 59 heavy (non-hydrogen) atoms. The SMILES string of the molecule is Cc1cc(C)c(CNC(=O)c2cc(N3CCC(CNC(=O)C[C@@H]4N=C(c5ccc(Cl)cc5)c5c(sc(C)c5C)-n5c(C)nnc54)CC3)cc3c2cnn3C(C)C)c(=O)[nH]1. The molecule has 2 amide bonds. The molecule has 2 aliphatic rings. The molecular formula is C44H49ClN10O3S. The van der Waals surface area contributed by atoms with Crippen LogP contribution >= 0.6 is 22.9 Å². The number of rotatable bonds is 10. The van der Waals surface area contributed by atoms with E-state index >= 15 is 0 Å². The van der Waals surface area contributed by atoms with Gasteiger partial charge in [-0.05, 0) is 109 Å². The number of aryl methyl sites for hydroxylation is 4. The van der Waals surface area contributed by atoms with Crippen LogP contribution in [0.3, 0.4) is 0 Å². The van der Waals surface area contributed by atoms with Gasteiger partial charge in [0, 0.05) is 75.6 Å². The normalized spacial score (nSPS) is 15.6. The van der Waals surface area contributed by atoms with E-state index in [9.17, 15) is 14.4 Å². The van der Waals surface area contributed by atoms with Crippen molar-refractivity contribution in [1.29, 1.82) is 0 Å². The van der Waals surface area contributed by atoms with Crippen LogP contribution in [0.5, 0.6) is 0 Å². The van der Waals surface area contributed by atoms with Crippen LogP contribution in [0.1, 0.15) is 106 Å². The highest BCUT2D eigenvalue weighted by Crippen LogP contribution is 2.40. The van der Waals surface area contributed by atoms with Crippen molar-refractivity contribution < 1.29 is 9.59 Å². The summed E-state index contributed by atoms with van der Waals surface area (Å²) < 4.78 is 4.00. The van der Waals surface area contributed by atoms with Gasteiger partial charge in [0.25, 0.3) is 11.5 Å². The second-order valence-corrected chi connectivity index (χ2v) is 17.7. The zero-order valence-corrected chi connectivity index (χ0v) is 36.0. The Morgan fingerprint density at radius 1 is 1.00 bits per heavy atom. The minimum absolute atomic E-state index is 0.0899. The number of benzene rings is 2. The van der Waals surface area contributed by atoms with E-state index in [1.807, 2.05) is 61.9 Å². The maximum Gasteiger partial charge on any atom is 0.253 e. The Hall–Kier alpha value is -5.60. The molecule has 4 aromatic heterocycles. The molecule has 1 atom stereocenters. The number of hydrogen-bond donors (Lipinski definition) is 3. The number of carbonyl (C=O) groups is 2. The first-order valence-electron chi connectivity index (χ1n) is 20.1. The highest BCUT2D eigenvalue weighted by atomic mass is 35.5. The number of H-pyrrole nitrogens is 1. The van der Waals surface area contributed by atoms with Gasteiger partial charge in [-0.25, -0.2) is 0 Å². The third kappa shape index (κ3) is 7.83. The minimum Gasteiger partial charge on any atom is -0.371 e. The summed E-state index contributed by atoms with van der Waals surface area (Å²) in [5.41, 5.74) is 8.22. The standard InChI is InChI=1S/C44H49ClN10O3S/c1-23(2)55-37-18-32(17-33(35(37)22-48-55)42(57)47-21-34-24(3)16-25(4)49-43(34)58)53-14-12-29(13-15-53)20-46-38(56)19-36-41-52-51-28(7)54(41)44-39(26(5)27(6)59-44)40(50-36)30-8-10-31(45)11-9-30/h8-11,16-18,22-23,29,36H,12-15,19-21H2,1-7H3,(H,46,56)(H,47,57)(H,49,58)/t36-/m0/s1. The van der Waals surface area contributed by atoms with Crippen LogP contribution in [0.4, 0.5) is 5.69 Å². The van der Waals surface area contributed by atoms with Crippen LogP contribution in [0.15, 0.2) is 58.4 Å². The fourth-order valence-electron chi connectivity index (χ4n) is 8.31. The molecule has 1 saturated heterocycles. The molecule has 0 unspecified atom stereocenters. The molecule has 3 N–H and O–H groups in total. The molecular weight excluding hydrogens is 784 g/mol. The van der Waals surface area contributed by atoms with Crippen molar-refractivity contribution in [3.8, 4) is 5.00 Å². The molecule has 0 aliphatic carbocycles. The van der Waals surface area contributed by atoms with Gasteiger partial charge in [-0.1, -0.05) is 23.7 Å². The Labute approximate surface area is 351 Å². The number of piperidine rings is 1. The number of anilines is 1. The predicted octanol–water partition coefficient (Wildman–Crippen LogP) is 7.39. The first-order chi connectivity index (χ1) is 28.3. The van der Waals surface area contributed by atoms with Crippen molar-refractivity contribution >= 4 is 57.1 Å². The van der Waals surface area contributed by atoms with Crippen molar-refractivity contribution in [3.63, 3.8) is 0 Å². The van der Waals surface area contributed by atoms with Gasteiger partial charge in [-0.15, -0.1) is 21.5 Å². The van der Waals surface area contributed by atoms with Gasteiger partial charge in [-0.2, -0.15) is 5.10 Å². The maximum atomic E-state index is 13.8. The lowest BCUT2D eigenvalue weighted by atomic mass is 9.95.